The van der Waals surface area contributed by atoms with Gasteiger partial charge >= 0.3 is 0 Å². The van der Waals surface area contributed by atoms with Crippen LogP contribution in [0, 0.1) is 5.92 Å². The average molecular weight is 296 g/mol. The Morgan fingerprint density at radius 3 is 2.95 bits per heavy atom. The van der Waals surface area contributed by atoms with Crippen molar-refractivity contribution in [3.63, 3.8) is 0 Å². The Morgan fingerprint density at radius 1 is 1.40 bits per heavy atom. The van der Waals surface area contributed by atoms with Gasteiger partial charge in [-0.1, -0.05) is 11.8 Å². The molecule has 0 unspecified atom stereocenters. The molecule has 1 atom stereocenters. The number of rotatable bonds is 2. The monoisotopic (exact) mass is 296 g/mol. The Bertz CT molecular complexity index is 740. The van der Waals surface area contributed by atoms with Crippen molar-refractivity contribution >= 4 is 21.1 Å². The smallest absolute Gasteiger partial charge is 0.243 e. The molecule has 0 bridgehead atoms. The maximum atomic E-state index is 12.6. The molecule has 0 aliphatic carbocycles. The molecule has 7 nitrogen and oxygen atoms in total. The molecule has 1 fully saturated rings. The second kappa shape index (κ2) is 4.71. The summed E-state index contributed by atoms with van der Waals surface area (Å²) in [5.41, 5.74) is 0.745. The Morgan fingerprint density at radius 2 is 2.20 bits per heavy atom. The van der Waals surface area contributed by atoms with E-state index in [1.54, 1.807) is 6.07 Å². The van der Waals surface area contributed by atoms with Crippen LogP contribution in [0.1, 0.15) is 19.8 Å². The number of fused-ring (bicyclic) bond motifs is 1. The van der Waals surface area contributed by atoms with Gasteiger partial charge in [0, 0.05) is 13.1 Å². The highest BCUT2D eigenvalue weighted by Gasteiger charge is 2.29. The van der Waals surface area contributed by atoms with Crippen molar-refractivity contribution in [3.8, 4) is 0 Å². The van der Waals surface area contributed by atoms with Gasteiger partial charge in [-0.05, 0) is 42.2 Å². The Hall–Kier alpha value is -1.67. The Labute approximate surface area is 116 Å². The van der Waals surface area contributed by atoms with Crippen molar-refractivity contribution in [1.29, 1.82) is 0 Å². The molecule has 108 valence electrons. The van der Waals surface area contributed by atoms with Crippen molar-refractivity contribution in [3.05, 3.63) is 18.2 Å². The third-order valence-electron chi connectivity index (χ3n) is 3.66. The van der Waals surface area contributed by atoms with E-state index in [9.17, 15) is 13.6 Å². The minimum Gasteiger partial charge on any atom is -0.410 e. The molecule has 1 N–H and O–H groups in total. The lowest BCUT2D eigenvalue weighted by atomic mass is 10.0. The van der Waals surface area contributed by atoms with Gasteiger partial charge in [0.2, 0.25) is 10.0 Å². The van der Waals surface area contributed by atoms with E-state index in [2.05, 4.69) is 17.2 Å². The van der Waals surface area contributed by atoms with E-state index in [4.69, 9.17) is 0 Å². The van der Waals surface area contributed by atoms with Crippen molar-refractivity contribution in [2.45, 2.75) is 24.7 Å². The quantitative estimate of drug-likeness (QED) is 0.838. The summed E-state index contributed by atoms with van der Waals surface area (Å²) >= 11 is 0. The van der Waals surface area contributed by atoms with Crippen LogP contribution in [-0.2, 0) is 10.0 Å². The number of benzene rings is 1. The third kappa shape index (κ3) is 2.14. The van der Waals surface area contributed by atoms with E-state index >= 15 is 0 Å². The van der Waals surface area contributed by atoms with Crippen LogP contribution in [0.3, 0.4) is 0 Å². The number of hydrogen-bond donors (Lipinski definition) is 1. The first-order valence-corrected chi connectivity index (χ1v) is 7.97. The zero-order valence-corrected chi connectivity index (χ0v) is 11.9. The minimum absolute atomic E-state index is 0.164. The van der Waals surface area contributed by atoms with Gasteiger partial charge in [-0.15, -0.1) is 5.10 Å². The highest BCUT2D eigenvalue weighted by Crippen LogP contribution is 2.25. The van der Waals surface area contributed by atoms with Crippen molar-refractivity contribution in [2.24, 2.45) is 5.92 Å². The van der Waals surface area contributed by atoms with Crippen molar-refractivity contribution in [2.75, 3.05) is 13.1 Å². The van der Waals surface area contributed by atoms with E-state index in [0.29, 0.717) is 29.4 Å². The average Bonchev–Trinajstić information content (AvgIpc) is 2.80. The summed E-state index contributed by atoms with van der Waals surface area (Å²) in [5, 5.41) is 16.7. The minimum atomic E-state index is -3.53. The SMILES string of the molecule is C[C@@H]1CCCN(S(=O)(=O)c2ccc3nnn(O)c3c2)C1. The summed E-state index contributed by atoms with van der Waals surface area (Å²) in [5.74, 6) is 0.368. The van der Waals surface area contributed by atoms with Crippen LogP contribution in [0.2, 0.25) is 0 Å². The molecule has 20 heavy (non-hydrogen) atoms. The number of sulfonamides is 1. The first-order chi connectivity index (χ1) is 9.48. The molecular formula is C12H16N4O3S. The molecule has 2 aromatic rings. The molecule has 1 aromatic heterocycles. The molecular weight excluding hydrogens is 280 g/mol. The molecule has 0 saturated carbocycles. The second-order valence-corrected chi connectivity index (χ2v) is 7.18. The van der Waals surface area contributed by atoms with Gasteiger partial charge in [0.1, 0.15) is 11.0 Å². The highest BCUT2D eigenvalue weighted by molar-refractivity contribution is 7.89. The van der Waals surface area contributed by atoms with Gasteiger partial charge in [0.25, 0.3) is 0 Å². The van der Waals surface area contributed by atoms with Crippen LogP contribution in [-0.4, -0.2) is 46.2 Å². The largest absolute Gasteiger partial charge is 0.410 e. The fourth-order valence-corrected chi connectivity index (χ4v) is 4.18. The number of piperidine rings is 1. The van der Waals surface area contributed by atoms with Crippen LogP contribution in [0.4, 0.5) is 0 Å². The maximum absolute atomic E-state index is 12.6. The predicted octanol–water partition coefficient (Wildman–Crippen LogP) is 1.09. The maximum Gasteiger partial charge on any atom is 0.243 e. The predicted molar refractivity (Wildman–Crippen MR) is 71.9 cm³/mol. The zero-order chi connectivity index (χ0) is 14.3. The first-order valence-electron chi connectivity index (χ1n) is 6.53. The molecule has 0 spiro atoms. The number of aromatic nitrogens is 3. The van der Waals surface area contributed by atoms with Gasteiger partial charge in [0.15, 0.2) is 0 Å². The van der Waals surface area contributed by atoms with E-state index in [1.807, 2.05) is 0 Å². The van der Waals surface area contributed by atoms with Crippen LogP contribution < -0.4 is 0 Å². The molecule has 0 radical (unpaired) electrons. The zero-order valence-electron chi connectivity index (χ0n) is 11.1. The van der Waals surface area contributed by atoms with E-state index in [1.165, 1.54) is 16.4 Å². The summed E-state index contributed by atoms with van der Waals surface area (Å²) in [6, 6.07) is 4.46. The normalized spacial score (nSPS) is 21.4. The second-order valence-electron chi connectivity index (χ2n) is 5.24. The van der Waals surface area contributed by atoms with Crippen LogP contribution in [0.25, 0.3) is 11.0 Å². The van der Waals surface area contributed by atoms with Crippen LogP contribution in [0.15, 0.2) is 23.1 Å². The van der Waals surface area contributed by atoms with E-state index < -0.39 is 10.0 Å². The van der Waals surface area contributed by atoms with Gasteiger partial charge in [-0.2, -0.15) is 4.31 Å². The summed E-state index contributed by atoms with van der Waals surface area (Å²) in [7, 11) is -3.53. The molecule has 1 aromatic carbocycles. The van der Waals surface area contributed by atoms with E-state index in [0.717, 1.165) is 12.8 Å². The Kier molecular flexibility index (Phi) is 3.14. The standard InChI is InChI=1S/C12H16N4O3S/c1-9-3-2-6-15(8-9)20(18,19)10-4-5-11-12(7-10)16(17)14-13-11/h4-5,7,9,17H,2-3,6,8H2,1H3/t9-/m1/s1. The van der Waals surface area contributed by atoms with Gasteiger partial charge < -0.3 is 5.21 Å². The third-order valence-corrected chi connectivity index (χ3v) is 5.52. The summed E-state index contributed by atoms with van der Waals surface area (Å²) < 4.78 is 26.7. The number of hydrogen-bond acceptors (Lipinski definition) is 5. The molecule has 1 aliphatic heterocycles. The molecule has 3 rings (SSSR count). The topological polar surface area (TPSA) is 88.3 Å². The molecule has 8 heteroatoms. The van der Waals surface area contributed by atoms with Gasteiger partial charge in [-0.25, -0.2) is 8.42 Å². The fourth-order valence-electron chi connectivity index (χ4n) is 2.56. The Balaban J connectivity index is 2.02. The molecule has 0 amide bonds. The molecule has 2 heterocycles. The molecule has 1 saturated heterocycles. The summed E-state index contributed by atoms with van der Waals surface area (Å²) in [6.45, 7) is 3.13. The fraction of sp³-hybridized carbons (Fsp3) is 0.500. The van der Waals surface area contributed by atoms with Crippen molar-refractivity contribution in [1.82, 2.24) is 19.5 Å². The summed E-state index contributed by atoms with van der Waals surface area (Å²) in [6.07, 6.45) is 1.93. The van der Waals surface area contributed by atoms with Crippen LogP contribution >= 0.6 is 0 Å². The molecule has 1 aliphatic rings. The lowest BCUT2D eigenvalue weighted by Crippen LogP contribution is -2.39. The highest BCUT2D eigenvalue weighted by atomic mass is 32.2. The van der Waals surface area contributed by atoms with Gasteiger partial charge in [-0.3, -0.25) is 0 Å². The van der Waals surface area contributed by atoms with Crippen molar-refractivity contribution < 1.29 is 13.6 Å². The first kappa shape index (κ1) is 13.3. The summed E-state index contributed by atoms with van der Waals surface area (Å²) in [4.78, 5) is 0.754. The lowest BCUT2D eigenvalue weighted by molar-refractivity contribution is 0.154. The van der Waals surface area contributed by atoms with Crippen LogP contribution in [0.5, 0.6) is 0 Å². The van der Waals surface area contributed by atoms with E-state index in [-0.39, 0.29) is 10.4 Å². The number of nitrogens with zero attached hydrogens (tertiary/aromatic N) is 4. The van der Waals surface area contributed by atoms with Gasteiger partial charge in [0.05, 0.1) is 4.90 Å². The lowest BCUT2D eigenvalue weighted by Gasteiger charge is -2.29.